The molecule has 112 valence electrons. The zero-order chi connectivity index (χ0) is 15.8. The van der Waals surface area contributed by atoms with Crippen molar-refractivity contribution in [3.63, 3.8) is 0 Å². The van der Waals surface area contributed by atoms with Crippen molar-refractivity contribution in [2.75, 3.05) is 0 Å². The van der Waals surface area contributed by atoms with Crippen LogP contribution >= 0.6 is 0 Å². The molecule has 0 amide bonds. The molecule has 6 nitrogen and oxygen atoms in total. The second-order valence-corrected chi connectivity index (χ2v) is 5.04. The van der Waals surface area contributed by atoms with Crippen molar-refractivity contribution in [2.45, 2.75) is 0 Å². The summed E-state index contributed by atoms with van der Waals surface area (Å²) in [6, 6.07) is 18.5. The van der Waals surface area contributed by atoms with Crippen LogP contribution in [0.4, 0.5) is 5.82 Å². The molecule has 0 atom stereocenters. The Balaban J connectivity index is 1.82. The third-order valence-corrected chi connectivity index (χ3v) is 3.58. The minimum Gasteiger partial charge on any atom is -0.432 e. The van der Waals surface area contributed by atoms with E-state index in [1.807, 2.05) is 36.4 Å². The van der Waals surface area contributed by atoms with Crippen LogP contribution in [0.5, 0.6) is 11.6 Å². The van der Waals surface area contributed by atoms with Crippen molar-refractivity contribution in [3.05, 3.63) is 77.0 Å². The van der Waals surface area contributed by atoms with E-state index in [4.69, 9.17) is 4.74 Å². The molecule has 0 bridgehead atoms. The van der Waals surface area contributed by atoms with Crippen LogP contribution < -0.4 is 4.74 Å². The van der Waals surface area contributed by atoms with Gasteiger partial charge >= 0.3 is 11.7 Å². The van der Waals surface area contributed by atoms with Gasteiger partial charge in [0.05, 0.1) is 6.20 Å². The Morgan fingerprint density at radius 3 is 2.61 bits per heavy atom. The zero-order valence-corrected chi connectivity index (χ0v) is 11.9. The van der Waals surface area contributed by atoms with E-state index in [-0.39, 0.29) is 11.7 Å². The summed E-state index contributed by atoms with van der Waals surface area (Å²) in [5.74, 6) is 0.306. The van der Waals surface area contributed by atoms with Gasteiger partial charge in [0.1, 0.15) is 5.75 Å². The predicted molar refractivity (Wildman–Crippen MR) is 85.9 cm³/mol. The molecule has 0 unspecified atom stereocenters. The molecule has 2 aromatic carbocycles. The largest absolute Gasteiger partial charge is 0.432 e. The maximum absolute atomic E-state index is 11.4. The maximum Gasteiger partial charge on any atom is 0.392 e. The standard InChI is InChI=1S/C17H11N3O3/c21-20(22)17-16(18-15-7-3-4-10-19(15)17)23-14-9-8-12-5-1-2-6-13(12)11-14/h1-11H. The molecule has 2 aromatic heterocycles. The third kappa shape index (κ3) is 2.26. The highest BCUT2D eigenvalue weighted by atomic mass is 16.6. The number of aromatic nitrogens is 2. The first-order valence-corrected chi connectivity index (χ1v) is 7.00. The number of nitro groups is 1. The lowest BCUT2D eigenvalue weighted by molar-refractivity contribution is -0.391. The van der Waals surface area contributed by atoms with Crippen LogP contribution in [0.2, 0.25) is 0 Å². The average molecular weight is 305 g/mol. The van der Waals surface area contributed by atoms with E-state index in [1.165, 1.54) is 4.40 Å². The first kappa shape index (κ1) is 13.3. The first-order valence-electron chi connectivity index (χ1n) is 7.00. The quantitative estimate of drug-likeness (QED) is 0.420. The van der Waals surface area contributed by atoms with E-state index in [0.29, 0.717) is 11.4 Å². The number of imidazole rings is 1. The summed E-state index contributed by atoms with van der Waals surface area (Å²) in [6.45, 7) is 0. The van der Waals surface area contributed by atoms with Crippen LogP contribution in [0, 0.1) is 10.1 Å². The maximum atomic E-state index is 11.4. The summed E-state index contributed by atoms with van der Waals surface area (Å²) >= 11 is 0. The Morgan fingerprint density at radius 1 is 1.00 bits per heavy atom. The Morgan fingerprint density at radius 2 is 1.78 bits per heavy atom. The molecule has 23 heavy (non-hydrogen) atoms. The first-order chi connectivity index (χ1) is 11.2. The van der Waals surface area contributed by atoms with E-state index in [1.54, 1.807) is 30.5 Å². The van der Waals surface area contributed by atoms with Gasteiger partial charge in [-0.3, -0.25) is 0 Å². The van der Waals surface area contributed by atoms with Gasteiger partial charge in [0.2, 0.25) is 5.65 Å². The molecule has 0 radical (unpaired) electrons. The Hall–Kier alpha value is -3.41. The van der Waals surface area contributed by atoms with Crippen molar-refractivity contribution in [2.24, 2.45) is 0 Å². The number of pyridine rings is 1. The molecule has 0 N–H and O–H groups in total. The second kappa shape index (κ2) is 5.10. The third-order valence-electron chi connectivity index (χ3n) is 3.58. The van der Waals surface area contributed by atoms with Gasteiger partial charge in [0.25, 0.3) is 0 Å². The van der Waals surface area contributed by atoms with E-state index < -0.39 is 4.92 Å². The number of nitrogens with zero attached hydrogens (tertiary/aromatic N) is 3. The van der Waals surface area contributed by atoms with Crippen LogP contribution in [0.25, 0.3) is 16.4 Å². The molecule has 0 saturated heterocycles. The zero-order valence-electron chi connectivity index (χ0n) is 11.9. The molecule has 0 saturated carbocycles. The minimum absolute atomic E-state index is 0.0171. The van der Waals surface area contributed by atoms with Gasteiger partial charge in [-0.05, 0) is 33.9 Å². The fraction of sp³-hybridized carbons (Fsp3) is 0. The number of hydrogen-bond acceptors (Lipinski definition) is 4. The fourth-order valence-corrected chi connectivity index (χ4v) is 2.54. The smallest absolute Gasteiger partial charge is 0.392 e. The second-order valence-electron chi connectivity index (χ2n) is 5.04. The average Bonchev–Trinajstić information content (AvgIpc) is 2.92. The van der Waals surface area contributed by atoms with Crippen molar-refractivity contribution >= 4 is 22.2 Å². The Kier molecular flexibility index (Phi) is 2.94. The van der Waals surface area contributed by atoms with E-state index >= 15 is 0 Å². The normalized spacial score (nSPS) is 11.0. The van der Waals surface area contributed by atoms with Crippen LogP contribution in [-0.2, 0) is 0 Å². The van der Waals surface area contributed by atoms with Crippen molar-refractivity contribution in [1.29, 1.82) is 0 Å². The number of rotatable bonds is 3. The summed E-state index contributed by atoms with van der Waals surface area (Å²) in [7, 11) is 0. The van der Waals surface area contributed by atoms with Crippen LogP contribution in [0.15, 0.2) is 66.9 Å². The molecular formula is C17H11N3O3. The highest BCUT2D eigenvalue weighted by molar-refractivity contribution is 5.83. The van der Waals surface area contributed by atoms with E-state index in [9.17, 15) is 10.1 Å². The summed E-state index contributed by atoms with van der Waals surface area (Å²) in [5, 5.41) is 13.4. The number of fused-ring (bicyclic) bond motifs is 2. The van der Waals surface area contributed by atoms with Crippen LogP contribution in [0.3, 0.4) is 0 Å². The predicted octanol–water partition coefficient (Wildman–Crippen LogP) is 4.19. The van der Waals surface area contributed by atoms with Crippen molar-refractivity contribution in [3.8, 4) is 11.6 Å². The van der Waals surface area contributed by atoms with Crippen LogP contribution in [-0.4, -0.2) is 14.3 Å². The molecule has 0 fully saturated rings. The topological polar surface area (TPSA) is 69.7 Å². The highest BCUT2D eigenvalue weighted by Gasteiger charge is 2.24. The highest BCUT2D eigenvalue weighted by Crippen LogP contribution is 2.32. The minimum atomic E-state index is -0.490. The lowest BCUT2D eigenvalue weighted by Gasteiger charge is -2.04. The summed E-state index contributed by atoms with van der Waals surface area (Å²) in [4.78, 5) is 15.1. The Labute approximate surface area is 130 Å². The molecular weight excluding hydrogens is 294 g/mol. The van der Waals surface area contributed by atoms with Gasteiger partial charge in [0.15, 0.2) is 0 Å². The molecule has 6 heteroatoms. The molecule has 0 spiro atoms. The lowest BCUT2D eigenvalue weighted by atomic mass is 10.1. The Bertz CT molecular complexity index is 1040. The summed E-state index contributed by atoms with van der Waals surface area (Å²) in [6.07, 6.45) is 1.59. The summed E-state index contributed by atoms with van der Waals surface area (Å²) in [5.41, 5.74) is 0.468. The van der Waals surface area contributed by atoms with Gasteiger partial charge in [-0.25, -0.2) is 0 Å². The van der Waals surface area contributed by atoms with Crippen molar-refractivity contribution in [1.82, 2.24) is 9.38 Å². The molecule has 0 aliphatic carbocycles. The molecule has 0 aliphatic rings. The van der Waals surface area contributed by atoms with Gasteiger partial charge in [-0.15, -0.1) is 0 Å². The molecule has 0 aliphatic heterocycles. The SMILES string of the molecule is O=[N+]([O-])c1c(Oc2ccc3ccccc3c2)nc2ccccn12. The van der Waals surface area contributed by atoms with Gasteiger partial charge < -0.3 is 14.9 Å². The summed E-state index contributed by atoms with van der Waals surface area (Å²) < 4.78 is 7.09. The lowest BCUT2D eigenvalue weighted by Crippen LogP contribution is -1.96. The number of hydrogen-bond donors (Lipinski definition) is 0. The van der Waals surface area contributed by atoms with Gasteiger partial charge in [-0.2, -0.15) is 9.38 Å². The van der Waals surface area contributed by atoms with E-state index in [0.717, 1.165) is 10.8 Å². The van der Waals surface area contributed by atoms with E-state index in [2.05, 4.69) is 4.98 Å². The van der Waals surface area contributed by atoms with Crippen LogP contribution in [0.1, 0.15) is 0 Å². The molecule has 4 aromatic rings. The monoisotopic (exact) mass is 305 g/mol. The van der Waals surface area contributed by atoms with Crippen molar-refractivity contribution < 1.29 is 9.66 Å². The number of ether oxygens (including phenoxy) is 1. The van der Waals surface area contributed by atoms with Gasteiger partial charge in [0, 0.05) is 6.07 Å². The molecule has 2 heterocycles. The fourth-order valence-electron chi connectivity index (χ4n) is 2.54. The molecule has 4 rings (SSSR count). The van der Waals surface area contributed by atoms with Gasteiger partial charge in [-0.1, -0.05) is 36.4 Å². The number of benzene rings is 2.